The highest BCUT2D eigenvalue weighted by molar-refractivity contribution is 7.89. The smallest absolute Gasteiger partial charge is 0.321 e. The Kier molecular flexibility index (Phi) is 5.57. The molecular weight excluding hydrogens is 384 g/mol. The second kappa shape index (κ2) is 7.91. The van der Waals surface area contributed by atoms with E-state index in [-0.39, 0.29) is 17.2 Å². The molecule has 28 heavy (non-hydrogen) atoms. The molecule has 2 aromatic carbocycles. The molecular formula is C19H18N2O6S. The summed E-state index contributed by atoms with van der Waals surface area (Å²) in [5.74, 6) is -1.37. The molecule has 0 unspecified atom stereocenters. The Bertz CT molecular complexity index is 1030. The second-order valence-corrected chi connectivity index (χ2v) is 7.96. The minimum absolute atomic E-state index is 0.0246. The van der Waals surface area contributed by atoms with E-state index in [0.717, 1.165) is 11.3 Å². The van der Waals surface area contributed by atoms with E-state index < -0.39 is 34.9 Å². The van der Waals surface area contributed by atoms with Crippen molar-refractivity contribution in [1.82, 2.24) is 4.72 Å². The Morgan fingerprint density at radius 2 is 1.86 bits per heavy atom. The molecule has 0 radical (unpaired) electrons. The van der Waals surface area contributed by atoms with Crippen LogP contribution in [0, 0.1) is 0 Å². The van der Waals surface area contributed by atoms with Gasteiger partial charge in [0, 0.05) is 18.3 Å². The fourth-order valence-electron chi connectivity index (χ4n) is 2.76. The number of carbonyl (C=O) groups excluding carboxylic acids is 3. The van der Waals surface area contributed by atoms with E-state index in [1.165, 1.54) is 17.0 Å². The third-order valence-corrected chi connectivity index (χ3v) is 5.72. The summed E-state index contributed by atoms with van der Waals surface area (Å²) in [7, 11) is -2.18. The Morgan fingerprint density at radius 1 is 1.14 bits per heavy atom. The lowest BCUT2D eigenvalue weighted by atomic mass is 10.1. The van der Waals surface area contributed by atoms with Crippen molar-refractivity contribution >= 4 is 33.4 Å². The molecule has 3 rings (SSSR count). The lowest BCUT2D eigenvalue weighted by Gasteiger charge is -2.10. The molecule has 0 aliphatic carbocycles. The first kappa shape index (κ1) is 19.7. The molecule has 1 amide bonds. The number of hydrogen-bond donors (Lipinski definition) is 1. The maximum atomic E-state index is 12.2. The molecule has 1 heterocycles. The van der Waals surface area contributed by atoms with Crippen molar-refractivity contribution in [3.8, 4) is 0 Å². The summed E-state index contributed by atoms with van der Waals surface area (Å²) in [6.45, 7) is -1.11. The maximum Gasteiger partial charge on any atom is 0.321 e. The van der Waals surface area contributed by atoms with Crippen molar-refractivity contribution < 1.29 is 27.5 Å². The second-order valence-electron chi connectivity index (χ2n) is 6.19. The number of rotatable bonds is 7. The number of hydrogen-bond acceptors (Lipinski definition) is 6. The predicted octanol–water partition coefficient (Wildman–Crippen LogP) is 0.910. The summed E-state index contributed by atoms with van der Waals surface area (Å²) in [6, 6.07) is 12.4. The summed E-state index contributed by atoms with van der Waals surface area (Å²) in [5.41, 5.74) is 1.80. The average Bonchev–Trinajstić information content (AvgIpc) is 2.98. The van der Waals surface area contributed by atoms with Crippen molar-refractivity contribution in [1.29, 1.82) is 0 Å². The Hall–Kier alpha value is -3.04. The van der Waals surface area contributed by atoms with E-state index in [1.807, 2.05) is 0 Å². The molecule has 2 aromatic rings. The number of Topliss-reactive ketones (excluding diaryl/α,β-unsaturated/α-hetero) is 1. The fourth-order valence-corrected chi connectivity index (χ4v) is 3.75. The van der Waals surface area contributed by atoms with Gasteiger partial charge in [-0.3, -0.25) is 14.4 Å². The van der Waals surface area contributed by atoms with Crippen molar-refractivity contribution in [2.75, 3.05) is 25.1 Å². The first-order chi connectivity index (χ1) is 13.3. The maximum absolute atomic E-state index is 12.2. The third kappa shape index (κ3) is 4.26. The van der Waals surface area contributed by atoms with E-state index in [1.54, 1.807) is 43.4 Å². The molecule has 1 aliphatic heterocycles. The highest BCUT2D eigenvalue weighted by Crippen LogP contribution is 2.28. The third-order valence-electron chi connectivity index (χ3n) is 4.30. The number of benzene rings is 2. The summed E-state index contributed by atoms with van der Waals surface area (Å²) in [5, 5.41) is 0. The number of ether oxygens (including phenoxy) is 1. The molecule has 0 aromatic heterocycles. The van der Waals surface area contributed by atoms with Gasteiger partial charge in [0.15, 0.2) is 12.4 Å². The van der Waals surface area contributed by atoms with Gasteiger partial charge in [0.05, 0.1) is 11.3 Å². The Balaban J connectivity index is 1.53. The lowest BCUT2D eigenvalue weighted by molar-refractivity contribution is -0.141. The quantitative estimate of drug-likeness (QED) is 0.545. The minimum Gasteiger partial charge on any atom is -0.456 e. The first-order valence-electron chi connectivity index (χ1n) is 8.41. The molecule has 0 saturated heterocycles. The molecule has 8 nitrogen and oxygen atoms in total. The van der Waals surface area contributed by atoms with Gasteiger partial charge >= 0.3 is 5.97 Å². The number of carbonyl (C=O) groups is 3. The molecule has 1 aliphatic rings. The fraction of sp³-hybridized carbons (Fsp3) is 0.211. The van der Waals surface area contributed by atoms with E-state index in [4.69, 9.17) is 4.74 Å². The van der Waals surface area contributed by atoms with Gasteiger partial charge in [-0.05, 0) is 35.9 Å². The molecule has 146 valence electrons. The molecule has 0 bridgehead atoms. The van der Waals surface area contributed by atoms with Crippen LogP contribution in [0.25, 0.3) is 0 Å². The zero-order valence-corrected chi connectivity index (χ0v) is 15.9. The summed E-state index contributed by atoms with van der Waals surface area (Å²) >= 11 is 0. The number of fused-ring (bicyclic) bond motifs is 1. The van der Waals surface area contributed by atoms with Gasteiger partial charge in [-0.25, -0.2) is 8.42 Å². The van der Waals surface area contributed by atoms with Crippen LogP contribution in [-0.4, -0.2) is 46.3 Å². The van der Waals surface area contributed by atoms with Gasteiger partial charge in [-0.15, -0.1) is 0 Å². The number of nitrogens with one attached hydrogen (secondary N) is 1. The molecule has 0 fully saturated rings. The van der Waals surface area contributed by atoms with Crippen LogP contribution in [0.5, 0.6) is 0 Å². The van der Waals surface area contributed by atoms with Crippen molar-refractivity contribution in [3.63, 3.8) is 0 Å². The van der Waals surface area contributed by atoms with Crippen LogP contribution >= 0.6 is 0 Å². The van der Waals surface area contributed by atoms with Crippen LogP contribution in [0.1, 0.15) is 15.9 Å². The normalized spacial score (nSPS) is 13.3. The highest BCUT2D eigenvalue weighted by Gasteiger charge is 2.25. The largest absolute Gasteiger partial charge is 0.456 e. The Morgan fingerprint density at radius 3 is 2.57 bits per heavy atom. The number of anilines is 1. The van der Waals surface area contributed by atoms with Crippen LogP contribution in [-0.2, 0) is 30.8 Å². The summed E-state index contributed by atoms with van der Waals surface area (Å²) in [6.07, 6.45) is 0.216. The van der Waals surface area contributed by atoms with Crippen LogP contribution in [0.15, 0.2) is 53.4 Å². The minimum atomic E-state index is -3.84. The summed E-state index contributed by atoms with van der Waals surface area (Å²) < 4.78 is 31.1. The van der Waals surface area contributed by atoms with Crippen LogP contribution in [0.2, 0.25) is 0 Å². The van der Waals surface area contributed by atoms with E-state index in [0.29, 0.717) is 5.56 Å². The zero-order chi connectivity index (χ0) is 20.3. The van der Waals surface area contributed by atoms with E-state index in [2.05, 4.69) is 4.72 Å². The molecule has 9 heteroatoms. The molecule has 0 saturated carbocycles. The van der Waals surface area contributed by atoms with Gasteiger partial charge in [-0.1, -0.05) is 18.2 Å². The number of nitrogens with zero attached hydrogens (tertiary/aromatic N) is 1. The summed E-state index contributed by atoms with van der Waals surface area (Å²) in [4.78, 5) is 37.2. The van der Waals surface area contributed by atoms with Gasteiger partial charge < -0.3 is 9.64 Å². The van der Waals surface area contributed by atoms with E-state index in [9.17, 15) is 22.8 Å². The number of sulfonamides is 1. The van der Waals surface area contributed by atoms with E-state index >= 15 is 0 Å². The number of esters is 1. The number of ketones is 1. The predicted molar refractivity (Wildman–Crippen MR) is 100 cm³/mol. The zero-order valence-electron chi connectivity index (χ0n) is 15.0. The van der Waals surface area contributed by atoms with Crippen LogP contribution < -0.4 is 9.62 Å². The number of amides is 1. The number of likely N-dealkylation sites (N-methyl/N-ethyl adjacent to an activating group) is 1. The SMILES string of the molecule is CN1C(=O)Cc2cc(C(=O)COC(=O)CNS(=O)(=O)c3ccccc3)ccc21. The topological polar surface area (TPSA) is 110 Å². The van der Waals surface area contributed by atoms with Gasteiger partial charge in [0.25, 0.3) is 0 Å². The van der Waals surface area contributed by atoms with Gasteiger partial charge in [-0.2, -0.15) is 4.72 Å². The van der Waals surface area contributed by atoms with Gasteiger partial charge in [0.1, 0.15) is 6.54 Å². The molecule has 0 atom stereocenters. The average molecular weight is 402 g/mol. The van der Waals surface area contributed by atoms with Crippen molar-refractivity contribution in [3.05, 3.63) is 59.7 Å². The van der Waals surface area contributed by atoms with Crippen LogP contribution in [0.3, 0.4) is 0 Å². The first-order valence-corrected chi connectivity index (χ1v) is 9.89. The van der Waals surface area contributed by atoms with Crippen LogP contribution in [0.4, 0.5) is 5.69 Å². The van der Waals surface area contributed by atoms with Gasteiger partial charge in [0.2, 0.25) is 15.9 Å². The Labute approximate surface area is 162 Å². The monoisotopic (exact) mass is 402 g/mol. The molecule has 0 spiro atoms. The van der Waals surface area contributed by atoms with Crippen molar-refractivity contribution in [2.24, 2.45) is 0 Å². The van der Waals surface area contributed by atoms with Crippen molar-refractivity contribution in [2.45, 2.75) is 11.3 Å². The highest BCUT2D eigenvalue weighted by atomic mass is 32.2. The standard InChI is InChI=1S/C19H18N2O6S/c1-21-16-8-7-13(9-14(16)10-18(21)23)17(22)12-27-19(24)11-20-28(25,26)15-5-3-2-4-6-15/h2-9,20H,10-12H2,1H3. The lowest BCUT2D eigenvalue weighted by Crippen LogP contribution is -2.31. The molecule has 1 N–H and O–H groups in total.